The van der Waals surface area contributed by atoms with Crippen LogP contribution in [0.4, 0.5) is 4.39 Å². The summed E-state index contributed by atoms with van der Waals surface area (Å²) >= 11 is 7.52. The Balaban J connectivity index is 1.52. The molecule has 136 valence electrons. The van der Waals surface area contributed by atoms with Crippen LogP contribution < -0.4 is 5.32 Å². The van der Waals surface area contributed by atoms with Gasteiger partial charge in [0.05, 0.1) is 11.3 Å². The molecule has 2 aromatic carbocycles. The van der Waals surface area contributed by atoms with Crippen LogP contribution in [0, 0.1) is 5.82 Å². The Morgan fingerprint density at radius 3 is 2.81 bits per heavy atom. The van der Waals surface area contributed by atoms with Crippen LogP contribution in [-0.4, -0.2) is 15.5 Å². The largest absolute Gasteiger partial charge is 0.347 e. The zero-order valence-electron chi connectivity index (χ0n) is 14.2. The van der Waals surface area contributed by atoms with E-state index in [-0.39, 0.29) is 11.7 Å². The van der Waals surface area contributed by atoms with Crippen LogP contribution >= 0.6 is 22.9 Å². The van der Waals surface area contributed by atoms with E-state index in [1.165, 1.54) is 23.5 Å². The summed E-state index contributed by atoms with van der Waals surface area (Å²) < 4.78 is 16.0. The predicted octanol–water partition coefficient (Wildman–Crippen LogP) is 4.87. The van der Waals surface area contributed by atoms with Gasteiger partial charge in [0.15, 0.2) is 0 Å². The van der Waals surface area contributed by atoms with Crippen molar-refractivity contribution in [2.45, 2.75) is 13.1 Å². The van der Waals surface area contributed by atoms with E-state index in [2.05, 4.69) is 10.3 Å². The number of carbonyl (C=O) groups is 1. The summed E-state index contributed by atoms with van der Waals surface area (Å²) in [6.45, 7) is 1.05. The normalized spacial score (nSPS) is 11.0. The van der Waals surface area contributed by atoms with Crippen LogP contribution in [0.5, 0.6) is 0 Å². The van der Waals surface area contributed by atoms with Crippen LogP contribution in [-0.2, 0) is 13.1 Å². The first kappa shape index (κ1) is 17.7. The van der Waals surface area contributed by atoms with E-state index in [1.54, 1.807) is 18.6 Å². The van der Waals surface area contributed by atoms with Crippen molar-refractivity contribution >= 4 is 38.9 Å². The maximum Gasteiger partial charge on any atom is 0.263 e. The number of amides is 1. The number of aromatic nitrogens is 2. The van der Waals surface area contributed by atoms with Crippen LogP contribution in [0.2, 0.25) is 5.02 Å². The Labute approximate surface area is 164 Å². The minimum atomic E-state index is -0.346. The summed E-state index contributed by atoms with van der Waals surface area (Å²) in [6.07, 6.45) is 5.38. The summed E-state index contributed by atoms with van der Waals surface area (Å²) in [5, 5.41) is 3.97. The molecule has 0 saturated carbocycles. The number of thiophene rings is 1. The van der Waals surface area contributed by atoms with Crippen molar-refractivity contribution in [1.29, 1.82) is 0 Å². The van der Waals surface area contributed by atoms with Gasteiger partial charge in [-0.15, -0.1) is 11.3 Å². The van der Waals surface area contributed by atoms with Crippen LogP contribution in [0.15, 0.2) is 61.2 Å². The third-order valence-corrected chi connectivity index (χ3v) is 5.92. The quantitative estimate of drug-likeness (QED) is 0.520. The maximum atomic E-state index is 13.4. The number of hydrogen-bond acceptors (Lipinski definition) is 3. The van der Waals surface area contributed by atoms with E-state index in [0.717, 1.165) is 11.1 Å². The molecule has 0 spiro atoms. The fourth-order valence-electron chi connectivity index (χ4n) is 2.90. The summed E-state index contributed by atoms with van der Waals surface area (Å²) in [4.78, 5) is 17.1. The molecule has 0 fully saturated rings. The number of halogens is 2. The van der Waals surface area contributed by atoms with Gasteiger partial charge < -0.3 is 9.88 Å². The van der Waals surface area contributed by atoms with E-state index in [1.807, 2.05) is 35.0 Å². The lowest BCUT2D eigenvalue weighted by Gasteiger charge is -2.11. The molecule has 7 heteroatoms. The highest BCUT2D eigenvalue weighted by molar-refractivity contribution is 7.21. The van der Waals surface area contributed by atoms with Gasteiger partial charge in [0.25, 0.3) is 5.91 Å². The molecule has 0 radical (unpaired) electrons. The molecule has 2 heterocycles. The molecule has 0 aliphatic carbocycles. The van der Waals surface area contributed by atoms with Gasteiger partial charge in [0.2, 0.25) is 0 Å². The number of nitrogens with zero attached hydrogens (tertiary/aromatic N) is 2. The Morgan fingerprint density at radius 2 is 2.04 bits per heavy atom. The molecule has 0 atom stereocenters. The van der Waals surface area contributed by atoms with E-state index in [9.17, 15) is 9.18 Å². The minimum absolute atomic E-state index is 0.265. The fourth-order valence-corrected chi connectivity index (χ4v) is 4.36. The zero-order valence-corrected chi connectivity index (χ0v) is 15.7. The Bertz CT molecular complexity index is 1110. The highest BCUT2D eigenvalue weighted by Crippen LogP contribution is 2.35. The first-order valence-electron chi connectivity index (χ1n) is 8.30. The number of hydrogen-bond donors (Lipinski definition) is 1. The zero-order chi connectivity index (χ0) is 18.8. The fraction of sp³-hybridized carbons (Fsp3) is 0.100. The first-order valence-corrected chi connectivity index (χ1v) is 9.49. The van der Waals surface area contributed by atoms with Gasteiger partial charge in [0, 0.05) is 35.6 Å². The molecular weight excluding hydrogens is 385 g/mol. The van der Waals surface area contributed by atoms with Crippen molar-refractivity contribution in [1.82, 2.24) is 14.9 Å². The monoisotopic (exact) mass is 399 g/mol. The summed E-state index contributed by atoms with van der Waals surface area (Å²) in [5.41, 5.74) is 2.11. The van der Waals surface area contributed by atoms with Crippen molar-refractivity contribution in [3.8, 4) is 0 Å². The second kappa shape index (κ2) is 7.50. The van der Waals surface area contributed by atoms with Crippen molar-refractivity contribution in [3.05, 3.63) is 88.0 Å². The van der Waals surface area contributed by atoms with Crippen LogP contribution in [0.3, 0.4) is 0 Å². The third-order valence-electron chi connectivity index (χ3n) is 4.27. The molecular formula is C20H15ClFN3OS. The smallest absolute Gasteiger partial charge is 0.263 e. The van der Waals surface area contributed by atoms with Gasteiger partial charge in [-0.1, -0.05) is 35.9 Å². The average molecular weight is 400 g/mol. The molecule has 1 amide bonds. The van der Waals surface area contributed by atoms with E-state index in [0.29, 0.717) is 33.1 Å². The number of rotatable bonds is 5. The molecule has 0 aliphatic heterocycles. The number of benzene rings is 2. The second-order valence-corrected chi connectivity index (χ2v) is 7.50. The van der Waals surface area contributed by atoms with Gasteiger partial charge in [-0.3, -0.25) is 4.79 Å². The second-order valence-electron chi connectivity index (χ2n) is 6.07. The lowest BCUT2D eigenvalue weighted by atomic mass is 10.1. The summed E-state index contributed by atoms with van der Waals surface area (Å²) in [5.74, 6) is -0.611. The van der Waals surface area contributed by atoms with Gasteiger partial charge >= 0.3 is 0 Å². The topological polar surface area (TPSA) is 46.9 Å². The third kappa shape index (κ3) is 3.72. The number of fused-ring (bicyclic) bond motifs is 1. The number of imidazole rings is 1. The van der Waals surface area contributed by atoms with Crippen molar-refractivity contribution in [2.24, 2.45) is 0 Å². The van der Waals surface area contributed by atoms with Gasteiger partial charge in [-0.2, -0.15) is 0 Å². The molecule has 0 bridgehead atoms. The van der Waals surface area contributed by atoms with Gasteiger partial charge in [0.1, 0.15) is 10.7 Å². The minimum Gasteiger partial charge on any atom is -0.347 e. The van der Waals surface area contributed by atoms with Gasteiger partial charge in [-0.25, -0.2) is 9.37 Å². The lowest BCUT2D eigenvalue weighted by molar-refractivity contribution is 0.0955. The van der Waals surface area contributed by atoms with Crippen LogP contribution in [0.25, 0.3) is 10.1 Å². The summed E-state index contributed by atoms with van der Waals surface area (Å²) in [6, 6.07) is 12.2. The molecule has 4 rings (SSSR count). The standard InChI is InChI=1S/C20H15ClFN3OS/c21-18-16-6-5-15(22)9-17(16)27-19(18)20(26)24-10-13-3-1-2-4-14(13)11-25-8-7-23-12-25/h1-9,12H,10-11H2,(H,24,26). The van der Waals surface area contributed by atoms with E-state index < -0.39 is 0 Å². The molecule has 0 aliphatic rings. The number of nitrogens with one attached hydrogen (secondary N) is 1. The van der Waals surface area contributed by atoms with Gasteiger partial charge in [-0.05, 0) is 29.3 Å². The van der Waals surface area contributed by atoms with E-state index >= 15 is 0 Å². The molecule has 0 saturated heterocycles. The van der Waals surface area contributed by atoms with Crippen molar-refractivity contribution in [2.75, 3.05) is 0 Å². The molecule has 0 unspecified atom stereocenters. The van der Waals surface area contributed by atoms with E-state index in [4.69, 9.17) is 11.6 Å². The molecule has 1 N–H and O–H groups in total. The summed E-state index contributed by atoms with van der Waals surface area (Å²) in [7, 11) is 0. The average Bonchev–Trinajstić information content (AvgIpc) is 3.28. The Morgan fingerprint density at radius 1 is 1.22 bits per heavy atom. The van der Waals surface area contributed by atoms with Crippen molar-refractivity contribution in [3.63, 3.8) is 0 Å². The Hall–Kier alpha value is -2.70. The number of carbonyl (C=O) groups excluding carboxylic acids is 1. The first-order chi connectivity index (χ1) is 13.1. The molecule has 4 nitrogen and oxygen atoms in total. The molecule has 4 aromatic rings. The molecule has 2 aromatic heterocycles. The Kier molecular flexibility index (Phi) is 4.92. The van der Waals surface area contributed by atoms with Crippen LogP contribution in [0.1, 0.15) is 20.8 Å². The lowest BCUT2D eigenvalue weighted by Crippen LogP contribution is -2.23. The predicted molar refractivity (Wildman–Crippen MR) is 106 cm³/mol. The highest BCUT2D eigenvalue weighted by Gasteiger charge is 2.17. The highest BCUT2D eigenvalue weighted by atomic mass is 35.5. The maximum absolute atomic E-state index is 13.4. The van der Waals surface area contributed by atoms with Crippen molar-refractivity contribution < 1.29 is 9.18 Å². The molecule has 27 heavy (non-hydrogen) atoms. The SMILES string of the molecule is O=C(NCc1ccccc1Cn1ccnc1)c1sc2cc(F)ccc2c1Cl.